The maximum Gasteiger partial charge on any atom is 0.303 e. The first kappa shape index (κ1) is 14.9. The molecule has 0 aromatic heterocycles. The average Bonchev–Trinajstić information content (AvgIpc) is 2.24. The number of hydrogen-bond acceptors (Lipinski definition) is 3. The van der Waals surface area contributed by atoms with Gasteiger partial charge in [-0.3, -0.25) is 9.59 Å². The summed E-state index contributed by atoms with van der Waals surface area (Å²) >= 11 is 0. The van der Waals surface area contributed by atoms with E-state index in [1.807, 2.05) is 14.0 Å². The minimum atomic E-state index is -0.809. The van der Waals surface area contributed by atoms with Gasteiger partial charge in [-0.05, 0) is 25.9 Å². The lowest BCUT2D eigenvalue weighted by Crippen LogP contribution is -2.30. The monoisotopic (exact) mass is 230 g/mol. The smallest absolute Gasteiger partial charge is 0.303 e. The number of carbonyl (C=O) groups excluding carboxylic acids is 1. The van der Waals surface area contributed by atoms with Gasteiger partial charge in [0.05, 0.1) is 0 Å². The minimum absolute atomic E-state index is 0.000844. The van der Waals surface area contributed by atoms with Gasteiger partial charge in [0, 0.05) is 19.4 Å². The van der Waals surface area contributed by atoms with Crippen molar-refractivity contribution in [3.05, 3.63) is 0 Å². The molecule has 94 valence electrons. The zero-order chi connectivity index (χ0) is 12.4. The predicted octanol–water partition coefficient (Wildman–Crippen LogP) is 0.603. The first-order chi connectivity index (χ1) is 7.60. The largest absolute Gasteiger partial charge is 0.481 e. The highest BCUT2D eigenvalue weighted by Crippen LogP contribution is 2.06. The number of aliphatic carboxylic acids is 1. The number of hydrogen-bond donors (Lipinski definition) is 3. The van der Waals surface area contributed by atoms with E-state index >= 15 is 0 Å². The molecule has 1 unspecified atom stereocenters. The summed E-state index contributed by atoms with van der Waals surface area (Å²) in [6.45, 7) is 3.21. The van der Waals surface area contributed by atoms with Crippen molar-refractivity contribution in [1.29, 1.82) is 0 Å². The Morgan fingerprint density at radius 2 is 2.06 bits per heavy atom. The number of rotatable bonds is 9. The Hall–Kier alpha value is -1.10. The molecule has 0 spiro atoms. The number of amides is 1. The lowest BCUT2D eigenvalue weighted by Gasteiger charge is -2.13. The van der Waals surface area contributed by atoms with E-state index < -0.39 is 5.97 Å². The highest BCUT2D eigenvalue weighted by atomic mass is 16.4. The molecule has 0 aliphatic rings. The van der Waals surface area contributed by atoms with E-state index in [2.05, 4.69) is 10.6 Å². The first-order valence-corrected chi connectivity index (χ1v) is 5.73. The topological polar surface area (TPSA) is 78.4 Å². The maximum absolute atomic E-state index is 11.3. The summed E-state index contributed by atoms with van der Waals surface area (Å²) in [5, 5.41) is 14.4. The van der Waals surface area contributed by atoms with Crippen molar-refractivity contribution >= 4 is 11.9 Å². The van der Waals surface area contributed by atoms with Crippen molar-refractivity contribution in [2.75, 3.05) is 20.1 Å². The maximum atomic E-state index is 11.3. The number of carboxylic acids is 1. The van der Waals surface area contributed by atoms with Gasteiger partial charge in [-0.2, -0.15) is 0 Å². The van der Waals surface area contributed by atoms with E-state index in [1.165, 1.54) is 0 Å². The molecule has 0 aliphatic heterocycles. The van der Waals surface area contributed by atoms with Crippen molar-refractivity contribution in [1.82, 2.24) is 10.6 Å². The molecule has 0 rings (SSSR count). The molecule has 0 saturated heterocycles. The Balaban J connectivity index is 3.66. The first-order valence-electron chi connectivity index (χ1n) is 5.73. The number of carboxylic acid groups (broad SMARTS) is 1. The van der Waals surface area contributed by atoms with Gasteiger partial charge in [0.2, 0.25) is 5.91 Å². The zero-order valence-electron chi connectivity index (χ0n) is 10.1. The molecule has 0 fully saturated rings. The van der Waals surface area contributed by atoms with Gasteiger partial charge in [0.1, 0.15) is 0 Å². The van der Waals surface area contributed by atoms with Crippen LogP contribution in [0.15, 0.2) is 0 Å². The minimum Gasteiger partial charge on any atom is -0.481 e. The summed E-state index contributed by atoms with van der Waals surface area (Å²) in [6, 6.07) is 0. The van der Waals surface area contributed by atoms with Gasteiger partial charge in [-0.25, -0.2) is 0 Å². The van der Waals surface area contributed by atoms with Gasteiger partial charge in [-0.1, -0.05) is 13.3 Å². The molecular weight excluding hydrogens is 208 g/mol. The highest BCUT2D eigenvalue weighted by Gasteiger charge is 2.12. The summed E-state index contributed by atoms with van der Waals surface area (Å²) in [4.78, 5) is 21.8. The van der Waals surface area contributed by atoms with Crippen molar-refractivity contribution in [2.24, 2.45) is 5.92 Å². The molecule has 3 N–H and O–H groups in total. The molecule has 5 heteroatoms. The van der Waals surface area contributed by atoms with Crippen LogP contribution in [0.2, 0.25) is 0 Å². The van der Waals surface area contributed by atoms with Gasteiger partial charge in [0.15, 0.2) is 0 Å². The van der Waals surface area contributed by atoms with Crippen LogP contribution in [0.3, 0.4) is 0 Å². The van der Waals surface area contributed by atoms with Crippen LogP contribution in [0.5, 0.6) is 0 Å². The van der Waals surface area contributed by atoms with Gasteiger partial charge >= 0.3 is 5.97 Å². The van der Waals surface area contributed by atoms with Crippen LogP contribution < -0.4 is 10.6 Å². The van der Waals surface area contributed by atoms with Gasteiger partial charge in [-0.15, -0.1) is 0 Å². The van der Waals surface area contributed by atoms with E-state index in [-0.39, 0.29) is 18.2 Å². The Kier molecular flexibility index (Phi) is 8.52. The molecule has 0 bridgehead atoms. The van der Waals surface area contributed by atoms with Crippen LogP contribution in [-0.2, 0) is 9.59 Å². The quantitative estimate of drug-likeness (QED) is 0.507. The second-order valence-corrected chi connectivity index (χ2v) is 3.88. The molecule has 16 heavy (non-hydrogen) atoms. The fourth-order valence-electron chi connectivity index (χ4n) is 1.38. The SMILES string of the molecule is CCC(CNC(=O)CCCNC)CC(=O)O. The molecule has 1 atom stereocenters. The van der Waals surface area contributed by atoms with Crippen LogP contribution >= 0.6 is 0 Å². The molecule has 5 nitrogen and oxygen atoms in total. The van der Waals surface area contributed by atoms with E-state index in [0.29, 0.717) is 13.0 Å². The summed E-state index contributed by atoms with van der Waals surface area (Å²) in [6.07, 6.45) is 2.18. The van der Waals surface area contributed by atoms with E-state index in [4.69, 9.17) is 5.11 Å². The van der Waals surface area contributed by atoms with Crippen LogP contribution in [0.1, 0.15) is 32.6 Å². The molecule has 0 heterocycles. The number of nitrogens with one attached hydrogen (secondary N) is 2. The molecule has 0 aromatic carbocycles. The van der Waals surface area contributed by atoms with Crippen LogP contribution in [0.4, 0.5) is 0 Å². The molecule has 0 aromatic rings. The van der Waals surface area contributed by atoms with Crippen LogP contribution in [-0.4, -0.2) is 37.1 Å². The molecule has 0 saturated carbocycles. The highest BCUT2D eigenvalue weighted by molar-refractivity contribution is 5.76. The van der Waals surface area contributed by atoms with Crippen molar-refractivity contribution in [3.63, 3.8) is 0 Å². The van der Waals surface area contributed by atoms with Gasteiger partial charge < -0.3 is 15.7 Å². The third-order valence-electron chi connectivity index (χ3n) is 2.46. The lowest BCUT2D eigenvalue weighted by molar-refractivity contribution is -0.138. The Morgan fingerprint density at radius 3 is 2.56 bits per heavy atom. The van der Waals surface area contributed by atoms with Crippen molar-refractivity contribution < 1.29 is 14.7 Å². The number of carbonyl (C=O) groups is 2. The molecule has 1 amide bonds. The van der Waals surface area contributed by atoms with Crippen molar-refractivity contribution in [3.8, 4) is 0 Å². The van der Waals surface area contributed by atoms with E-state index in [9.17, 15) is 9.59 Å². The molecular formula is C11H22N2O3. The average molecular weight is 230 g/mol. The standard InChI is InChI=1S/C11H22N2O3/c1-3-9(7-11(15)16)8-13-10(14)5-4-6-12-2/h9,12H,3-8H2,1-2H3,(H,13,14)(H,15,16). The molecule has 0 radical (unpaired) electrons. The second-order valence-electron chi connectivity index (χ2n) is 3.88. The summed E-state index contributed by atoms with van der Waals surface area (Å²) in [5.41, 5.74) is 0. The third-order valence-corrected chi connectivity index (χ3v) is 2.46. The van der Waals surface area contributed by atoms with Crippen LogP contribution in [0.25, 0.3) is 0 Å². The zero-order valence-corrected chi connectivity index (χ0v) is 10.1. The predicted molar refractivity (Wildman–Crippen MR) is 62.2 cm³/mol. The summed E-state index contributed by atoms with van der Waals surface area (Å²) < 4.78 is 0. The van der Waals surface area contributed by atoms with E-state index in [0.717, 1.165) is 19.4 Å². The normalized spacial score (nSPS) is 12.1. The van der Waals surface area contributed by atoms with E-state index in [1.54, 1.807) is 0 Å². The summed E-state index contributed by atoms with van der Waals surface area (Å²) in [7, 11) is 1.85. The second kappa shape index (κ2) is 9.15. The lowest BCUT2D eigenvalue weighted by atomic mass is 10.0. The fraction of sp³-hybridized carbons (Fsp3) is 0.818. The van der Waals surface area contributed by atoms with Crippen LogP contribution in [0, 0.1) is 5.92 Å². The Morgan fingerprint density at radius 1 is 1.38 bits per heavy atom. The van der Waals surface area contributed by atoms with Gasteiger partial charge in [0.25, 0.3) is 0 Å². The Bertz CT molecular complexity index is 219. The van der Waals surface area contributed by atoms with Crippen molar-refractivity contribution in [2.45, 2.75) is 32.6 Å². The summed E-state index contributed by atoms with van der Waals surface area (Å²) in [5.74, 6) is -0.777. The molecule has 0 aliphatic carbocycles. The fourth-order valence-corrected chi connectivity index (χ4v) is 1.38. The Labute approximate surface area is 96.6 Å². The third kappa shape index (κ3) is 8.23.